The maximum Gasteiger partial charge on any atom is 1.00 e. The van der Waals surface area contributed by atoms with Crippen molar-refractivity contribution in [3.63, 3.8) is 0 Å². The Labute approximate surface area is 262 Å². The molecule has 0 unspecified atom stereocenters. The molecule has 0 aliphatic carbocycles. The Balaban J connectivity index is 0.000000307. The normalized spacial score (nSPS) is 13.2. The van der Waals surface area contributed by atoms with Crippen LogP contribution in [0.15, 0.2) is 84.9 Å². The first-order valence-electron chi connectivity index (χ1n) is 11.7. The fourth-order valence-corrected chi connectivity index (χ4v) is 4.15. The molecule has 0 amide bonds. The van der Waals surface area contributed by atoms with E-state index in [4.69, 9.17) is 0 Å². The van der Waals surface area contributed by atoms with Gasteiger partial charge in [0.15, 0.2) is 10.1 Å². The van der Waals surface area contributed by atoms with Gasteiger partial charge < -0.3 is 14.0 Å². The van der Waals surface area contributed by atoms with E-state index in [1.54, 1.807) is 60.7 Å². The third kappa shape index (κ3) is 8.70. The van der Waals surface area contributed by atoms with Crippen molar-refractivity contribution >= 4 is 41.9 Å². The van der Waals surface area contributed by atoms with Crippen LogP contribution in [0, 0.1) is 0 Å². The third-order valence-corrected chi connectivity index (χ3v) is 7.48. The first kappa shape index (κ1) is 38.3. The van der Waals surface area contributed by atoms with Gasteiger partial charge in [0.1, 0.15) is 0 Å². The maximum atomic E-state index is 13.1. The van der Waals surface area contributed by atoms with Crippen LogP contribution < -0.4 is 18.9 Å². The molecule has 0 aliphatic heterocycles. The largest absolute Gasteiger partial charge is 1.00 e. The van der Waals surface area contributed by atoms with Gasteiger partial charge in [-0.2, -0.15) is 43.5 Å². The standard InChI is InChI=1S/C13H9F5O3S.C13H10F4O4S.Li/c2*14-12(15,13(16,17)22(18,19)20)21-8-9-5-6-10-3-1-2-4-11(10)7-9;/h1-7H,8H2;1-7H,8H2,(H,18,19,20);/q;;+1/p-1. The quantitative estimate of drug-likeness (QED) is 0.108. The second kappa shape index (κ2) is 13.9. The molecule has 0 bridgehead atoms. The first-order valence-corrected chi connectivity index (χ1v) is 14.5. The number of alkyl halides is 8. The Kier molecular flexibility index (Phi) is 11.8. The van der Waals surface area contributed by atoms with Gasteiger partial charge in [0.2, 0.25) is 0 Å². The van der Waals surface area contributed by atoms with Crippen molar-refractivity contribution in [2.45, 2.75) is 35.9 Å². The van der Waals surface area contributed by atoms with Crippen molar-refractivity contribution in [2.75, 3.05) is 0 Å². The SMILES string of the molecule is O=S(=O)(F)C(F)(F)C(F)(F)OCc1ccc2ccccc2c1.O=S(=O)([O-])C(F)(F)C(F)(F)OCc1ccc2ccccc2c1.[Li+]. The molecular formula is C26H18F9LiO7S2. The molecule has 19 heteroatoms. The molecule has 0 spiro atoms. The molecule has 4 rings (SSSR count). The fraction of sp³-hybridized carbons (Fsp3) is 0.231. The van der Waals surface area contributed by atoms with Gasteiger partial charge in [-0.1, -0.05) is 76.7 Å². The first-order chi connectivity index (χ1) is 20.1. The Morgan fingerprint density at radius 2 is 0.889 bits per heavy atom. The summed E-state index contributed by atoms with van der Waals surface area (Å²) >= 11 is 0. The summed E-state index contributed by atoms with van der Waals surface area (Å²) in [5, 5.41) is -8.92. The summed E-state index contributed by atoms with van der Waals surface area (Å²) in [6, 6.07) is 22.4. The average molecular weight is 684 g/mol. The summed E-state index contributed by atoms with van der Waals surface area (Å²) in [5.74, 6) is 0. The molecule has 0 aliphatic rings. The topological polar surface area (TPSA) is 110 Å². The summed E-state index contributed by atoms with van der Waals surface area (Å²) in [5.41, 5.74) is 0.225. The summed E-state index contributed by atoms with van der Waals surface area (Å²) in [6.07, 6.45) is -10.9. The van der Waals surface area contributed by atoms with Crippen molar-refractivity contribution in [1.29, 1.82) is 0 Å². The van der Waals surface area contributed by atoms with Crippen LogP contribution >= 0.6 is 0 Å². The number of hydrogen-bond donors (Lipinski definition) is 0. The molecule has 0 saturated heterocycles. The van der Waals surface area contributed by atoms with Gasteiger partial charge in [-0.3, -0.25) is 0 Å². The van der Waals surface area contributed by atoms with Crippen molar-refractivity contribution in [1.82, 2.24) is 0 Å². The molecule has 0 fully saturated rings. The Bertz CT molecular complexity index is 1720. The smallest absolute Gasteiger partial charge is 0.743 e. The molecule has 0 heterocycles. The number of benzene rings is 4. The minimum Gasteiger partial charge on any atom is -0.743 e. The van der Waals surface area contributed by atoms with E-state index >= 15 is 0 Å². The molecule has 0 radical (unpaired) electrons. The zero-order valence-electron chi connectivity index (χ0n) is 22.6. The minimum atomic E-state index is -6.81. The van der Waals surface area contributed by atoms with E-state index < -0.39 is 56.3 Å². The van der Waals surface area contributed by atoms with Crippen LogP contribution in [-0.2, 0) is 43.0 Å². The van der Waals surface area contributed by atoms with Crippen LogP contribution in [0.4, 0.5) is 39.0 Å². The summed E-state index contributed by atoms with van der Waals surface area (Å²) in [4.78, 5) is 0. The predicted molar refractivity (Wildman–Crippen MR) is 137 cm³/mol. The van der Waals surface area contributed by atoms with E-state index in [0.717, 1.165) is 10.8 Å². The number of ether oxygens (including phenoxy) is 2. The van der Waals surface area contributed by atoms with Gasteiger partial charge in [0, 0.05) is 0 Å². The zero-order valence-corrected chi connectivity index (χ0v) is 24.2. The minimum absolute atomic E-state index is 0. The molecule has 7 nitrogen and oxygen atoms in total. The molecule has 240 valence electrons. The van der Waals surface area contributed by atoms with Crippen molar-refractivity contribution in [3.8, 4) is 0 Å². The molecule has 0 saturated carbocycles. The van der Waals surface area contributed by atoms with Crippen LogP contribution in [-0.4, -0.2) is 44.1 Å². The van der Waals surface area contributed by atoms with E-state index in [2.05, 4.69) is 9.47 Å². The second-order valence-corrected chi connectivity index (χ2v) is 11.7. The number of hydrogen-bond acceptors (Lipinski definition) is 7. The number of fused-ring (bicyclic) bond motifs is 2. The maximum absolute atomic E-state index is 13.1. The summed E-state index contributed by atoms with van der Waals surface area (Å²) in [7, 11) is -13.4. The van der Waals surface area contributed by atoms with Crippen molar-refractivity contribution in [2.24, 2.45) is 0 Å². The van der Waals surface area contributed by atoms with Gasteiger partial charge in [-0.25, -0.2) is 8.42 Å². The van der Waals surface area contributed by atoms with E-state index in [-0.39, 0.29) is 30.0 Å². The van der Waals surface area contributed by atoms with E-state index in [1.165, 1.54) is 24.3 Å². The van der Waals surface area contributed by atoms with Gasteiger partial charge >= 0.3 is 51.8 Å². The van der Waals surface area contributed by atoms with E-state index in [0.29, 0.717) is 10.8 Å². The molecule has 45 heavy (non-hydrogen) atoms. The van der Waals surface area contributed by atoms with Gasteiger partial charge in [0.05, 0.1) is 13.2 Å². The molecule has 4 aromatic rings. The van der Waals surface area contributed by atoms with Crippen LogP contribution in [0.2, 0.25) is 0 Å². The molecular weight excluding hydrogens is 666 g/mol. The van der Waals surface area contributed by atoms with Gasteiger partial charge in [0.25, 0.3) is 0 Å². The number of rotatable bonds is 10. The fourth-order valence-electron chi connectivity index (χ4n) is 3.46. The molecule has 0 N–H and O–H groups in total. The van der Waals surface area contributed by atoms with Crippen LogP contribution in [0.25, 0.3) is 21.5 Å². The molecule has 4 aromatic carbocycles. The monoisotopic (exact) mass is 684 g/mol. The van der Waals surface area contributed by atoms with E-state index in [9.17, 15) is 60.4 Å². The Hall–Kier alpha value is -2.85. The second-order valence-electron chi connectivity index (χ2n) is 8.90. The van der Waals surface area contributed by atoms with E-state index in [1.807, 2.05) is 0 Å². The van der Waals surface area contributed by atoms with Crippen molar-refractivity contribution < 1.29 is 88.7 Å². The zero-order chi connectivity index (χ0) is 33.2. The van der Waals surface area contributed by atoms with Gasteiger partial charge in [-0.05, 0) is 44.8 Å². The van der Waals surface area contributed by atoms with Crippen molar-refractivity contribution in [3.05, 3.63) is 96.1 Å². The third-order valence-electron chi connectivity index (χ3n) is 5.77. The van der Waals surface area contributed by atoms with Gasteiger partial charge in [-0.15, -0.1) is 0 Å². The summed E-state index contributed by atoms with van der Waals surface area (Å²) in [6.45, 7) is -1.99. The predicted octanol–water partition coefficient (Wildman–Crippen LogP) is 3.93. The summed E-state index contributed by atoms with van der Waals surface area (Å²) < 4.78 is 174. The Morgan fingerprint density at radius 3 is 1.22 bits per heavy atom. The molecule has 0 atom stereocenters. The Morgan fingerprint density at radius 1 is 0.556 bits per heavy atom. The molecule has 0 aromatic heterocycles. The van der Waals surface area contributed by atoms with Crippen LogP contribution in [0.5, 0.6) is 0 Å². The average Bonchev–Trinajstić information content (AvgIpc) is 2.94. The van der Waals surface area contributed by atoms with Crippen LogP contribution in [0.1, 0.15) is 11.1 Å². The van der Waals surface area contributed by atoms with Crippen LogP contribution in [0.3, 0.4) is 0 Å². The number of halogens is 9.